The first-order chi connectivity index (χ1) is 13.4. The molecule has 4 aliphatic rings. The Balaban J connectivity index is 1.50. The monoisotopic (exact) mass is 386 g/mol. The second-order valence-corrected chi connectivity index (χ2v) is 11.1. The van der Waals surface area contributed by atoms with E-state index in [0.717, 1.165) is 29.6 Å². The summed E-state index contributed by atoms with van der Waals surface area (Å²) in [5.74, 6) is 4.88. The molecule has 4 aliphatic carbocycles. The summed E-state index contributed by atoms with van der Waals surface area (Å²) >= 11 is 0. The van der Waals surface area contributed by atoms with E-state index in [1.54, 1.807) is 6.08 Å². The van der Waals surface area contributed by atoms with Gasteiger partial charge in [0.1, 0.15) is 0 Å². The first-order valence-electron chi connectivity index (χ1n) is 12.2. The number of allylic oxidation sites excluding steroid dienone is 1. The van der Waals surface area contributed by atoms with Crippen LogP contribution in [0.3, 0.4) is 0 Å². The van der Waals surface area contributed by atoms with E-state index in [-0.39, 0.29) is 5.97 Å². The van der Waals surface area contributed by atoms with Gasteiger partial charge in [0.25, 0.3) is 0 Å². The van der Waals surface area contributed by atoms with Gasteiger partial charge in [-0.3, -0.25) is 0 Å². The molecule has 0 aromatic rings. The van der Waals surface area contributed by atoms with Crippen LogP contribution in [0.2, 0.25) is 0 Å². The van der Waals surface area contributed by atoms with E-state index >= 15 is 0 Å². The van der Waals surface area contributed by atoms with Crippen LogP contribution in [0.4, 0.5) is 0 Å². The summed E-state index contributed by atoms with van der Waals surface area (Å²) in [6.07, 6.45) is 18.4. The average molecular weight is 387 g/mol. The van der Waals surface area contributed by atoms with E-state index in [1.807, 2.05) is 6.92 Å². The van der Waals surface area contributed by atoms with Crippen LogP contribution in [0.1, 0.15) is 91.9 Å². The van der Waals surface area contributed by atoms with Gasteiger partial charge in [-0.15, -0.1) is 0 Å². The molecule has 0 amide bonds. The molecule has 0 N–H and O–H groups in total. The van der Waals surface area contributed by atoms with E-state index in [4.69, 9.17) is 4.74 Å². The third-order valence-corrected chi connectivity index (χ3v) is 10.1. The van der Waals surface area contributed by atoms with E-state index in [9.17, 15) is 4.79 Å². The molecule has 4 saturated carbocycles. The average Bonchev–Trinajstić information content (AvgIpc) is 3.03. The predicted octanol–water partition coefficient (Wildman–Crippen LogP) is 6.79. The summed E-state index contributed by atoms with van der Waals surface area (Å²) in [5, 5.41) is 0. The van der Waals surface area contributed by atoms with Crippen molar-refractivity contribution >= 4 is 5.97 Å². The van der Waals surface area contributed by atoms with Crippen LogP contribution in [0.25, 0.3) is 0 Å². The SMILES string of the molecule is CCOC(=O)C=C[C@@H](C)[C@H]1CC[C@H]2[C@@H]3CCC4CCCC[C@]4(C)[C@H]3CC[C@]12C. The lowest BCUT2D eigenvalue weighted by Crippen LogP contribution is -2.53. The second kappa shape index (κ2) is 7.80. The number of fused-ring (bicyclic) bond motifs is 5. The van der Waals surface area contributed by atoms with Gasteiger partial charge >= 0.3 is 5.97 Å². The Kier molecular flexibility index (Phi) is 5.71. The number of carbonyl (C=O) groups is 1. The number of ether oxygens (including phenoxy) is 1. The van der Waals surface area contributed by atoms with Crippen molar-refractivity contribution in [1.82, 2.24) is 0 Å². The zero-order valence-electron chi connectivity index (χ0n) is 18.7. The first-order valence-corrected chi connectivity index (χ1v) is 12.2. The molecule has 0 radical (unpaired) electrons. The lowest BCUT2D eigenvalue weighted by molar-refractivity contribution is -0.137. The molecule has 0 spiro atoms. The number of hydrogen-bond acceptors (Lipinski definition) is 2. The number of carbonyl (C=O) groups excluding carboxylic acids is 1. The number of rotatable bonds is 4. The summed E-state index contributed by atoms with van der Waals surface area (Å²) in [6, 6.07) is 0. The Morgan fingerprint density at radius 3 is 2.57 bits per heavy atom. The maximum Gasteiger partial charge on any atom is 0.330 e. The maximum absolute atomic E-state index is 11.8. The molecule has 0 heterocycles. The molecule has 4 fully saturated rings. The van der Waals surface area contributed by atoms with Crippen molar-refractivity contribution in [2.24, 2.45) is 46.3 Å². The zero-order chi connectivity index (χ0) is 19.9. The highest BCUT2D eigenvalue weighted by Gasteiger charge is 2.59. The van der Waals surface area contributed by atoms with Crippen molar-refractivity contribution in [3.63, 3.8) is 0 Å². The molecule has 2 heteroatoms. The van der Waals surface area contributed by atoms with Crippen LogP contribution in [0, 0.1) is 46.3 Å². The van der Waals surface area contributed by atoms with Crippen molar-refractivity contribution < 1.29 is 9.53 Å². The molecular formula is C26H42O2. The van der Waals surface area contributed by atoms with Crippen LogP contribution >= 0.6 is 0 Å². The predicted molar refractivity (Wildman–Crippen MR) is 115 cm³/mol. The van der Waals surface area contributed by atoms with Gasteiger partial charge in [0.2, 0.25) is 0 Å². The molecule has 0 aliphatic heterocycles. The van der Waals surface area contributed by atoms with Gasteiger partial charge in [0.15, 0.2) is 0 Å². The van der Waals surface area contributed by atoms with Gasteiger partial charge in [-0.1, -0.05) is 39.7 Å². The minimum absolute atomic E-state index is 0.179. The van der Waals surface area contributed by atoms with E-state index < -0.39 is 0 Å². The fourth-order valence-electron chi connectivity index (χ4n) is 8.75. The van der Waals surface area contributed by atoms with Crippen molar-refractivity contribution in [1.29, 1.82) is 0 Å². The molecule has 0 saturated heterocycles. The number of hydrogen-bond donors (Lipinski definition) is 0. The molecule has 4 rings (SSSR count). The van der Waals surface area contributed by atoms with Crippen molar-refractivity contribution in [2.75, 3.05) is 6.61 Å². The third-order valence-electron chi connectivity index (χ3n) is 10.1. The minimum atomic E-state index is -0.179. The van der Waals surface area contributed by atoms with Crippen molar-refractivity contribution in [2.45, 2.75) is 91.9 Å². The summed E-state index contributed by atoms with van der Waals surface area (Å²) in [5.41, 5.74) is 1.10. The molecule has 158 valence electrons. The quantitative estimate of drug-likeness (QED) is 0.393. The maximum atomic E-state index is 11.8. The fraction of sp³-hybridized carbons (Fsp3) is 0.885. The highest BCUT2D eigenvalue weighted by molar-refractivity contribution is 5.81. The lowest BCUT2D eigenvalue weighted by Gasteiger charge is -2.60. The van der Waals surface area contributed by atoms with Crippen molar-refractivity contribution in [3.8, 4) is 0 Å². The van der Waals surface area contributed by atoms with Gasteiger partial charge in [-0.2, -0.15) is 0 Å². The summed E-state index contributed by atoms with van der Waals surface area (Å²) in [6.45, 7) is 9.95. The largest absolute Gasteiger partial charge is 0.463 e. The normalized spacial score (nSPS) is 46.5. The lowest BCUT2D eigenvalue weighted by atomic mass is 9.44. The van der Waals surface area contributed by atoms with Crippen molar-refractivity contribution in [3.05, 3.63) is 12.2 Å². The molecule has 8 atom stereocenters. The molecular weight excluding hydrogens is 344 g/mol. The van der Waals surface area contributed by atoms with Crippen LogP contribution in [-0.4, -0.2) is 12.6 Å². The summed E-state index contributed by atoms with van der Waals surface area (Å²) in [7, 11) is 0. The smallest absolute Gasteiger partial charge is 0.330 e. The fourth-order valence-corrected chi connectivity index (χ4v) is 8.75. The first kappa shape index (κ1) is 20.5. The molecule has 1 unspecified atom stereocenters. The van der Waals surface area contributed by atoms with E-state index in [1.165, 1.54) is 64.2 Å². The van der Waals surface area contributed by atoms with Gasteiger partial charge in [0.05, 0.1) is 6.61 Å². The van der Waals surface area contributed by atoms with Crippen LogP contribution in [-0.2, 0) is 9.53 Å². The molecule has 0 aromatic heterocycles. The van der Waals surface area contributed by atoms with Crippen LogP contribution in [0.15, 0.2) is 12.2 Å². The minimum Gasteiger partial charge on any atom is -0.463 e. The highest BCUT2D eigenvalue weighted by atomic mass is 16.5. The van der Waals surface area contributed by atoms with Gasteiger partial charge < -0.3 is 4.74 Å². The Labute approximate surface area is 172 Å². The Morgan fingerprint density at radius 1 is 1.00 bits per heavy atom. The third kappa shape index (κ3) is 3.27. The number of esters is 1. The zero-order valence-corrected chi connectivity index (χ0v) is 18.7. The van der Waals surface area contributed by atoms with Gasteiger partial charge in [-0.25, -0.2) is 4.79 Å². The van der Waals surface area contributed by atoms with E-state index in [2.05, 4.69) is 26.8 Å². The molecule has 0 bridgehead atoms. The topological polar surface area (TPSA) is 26.3 Å². The van der Waals surface area contributed by atoms with Crippen LogP contribution < -0.4 is 0 Å². The van der Waals surface area contributed by atoms with Gasteiger partial charge in [-0.05, 0) is 105 Å². The molecule has 2 nitrogen and oxygen atoms in total. The Bertz CT molecular complexity index is 610. The molecule has 28 heavy (non-hydrogen) atoms. The Morgan fingerprint density at radius 2 is 1.79 bits per heavy atom. The highest BCUT2D eigenvalue weighted by Crippen LogP contribution is 2.68. The molecule has 0 aromatic carbocycles. The second-order valence-electron chi connectivity index (χ2n) is 11.1. The van der Waals surface area contributed by atoms with E-state index in [0.29, 0.717) is 23.4 Å². The Hall–Kier alpha value is -0.790. The van der Waals surface area contributed by atoms with Gasteiger partial charge in [0, 0.05) is 6.08 Å². The standard InChI is InChI=1S/C26H42O2/c1-5-28-24(27)14-9-18(2)21-12-13-22-20-11-10-19-8-6-7-16-25(19,3)23(20)15-17-26(21,22)4/h9,14,18-23H,5-8,10-13,15-17H2,1-4H3/t18-,19?,20+,21-,22+,23+,25+,26-/m1/s1. The summed E-state index contributed by atoms with van der Waals surface area (Å²) in [4.78, 5) is 11.8. The summed E-state index contributed by atoms with van der Waals surface area (Å²) < 4.78 is 5.09. The van der Waals surface area contributed by atoms with Crippen LogP contribution in [0.5, 0.6) is 0 Å².